The summed E-state index contributed by atoms with van der Waals surface area (Å²) in [5, 5.41) is 0. The fraction of sp³-hybridized carbons (Fsp3) is 0.364. The fourth-order valence-electron chi connectivity index (χ4n) is 1.34. The number of nitrogens with zero attached hydrogens (tertiary/aromatic N) is 1. The van der Waals surface area contributed by atoms with Gasteiger partial charge >= 0.3 is 0 Å². The lowest BCUT2D eigenvalue weighted by molar-refractivity contribution is 0.228. The zero-order valence-electron chi connectivity index (χ0n) is 8.80. The third-order valence-electron chi connectivity index (χ3n) is 2.22. The van der Waals surface area contributed by atoms with E-state index in [0.717, 1.165) is 11.5 Å². The monoisotopic (exact) mass is 237 g/mol. The average molecular weight is 237 g/mol. The van der Waals surface area contributed by atoms with Gasteiger partial charge < -0.3 is 9.47 Å². The molecule has 0 amide bonds. The second-order valence-electron chi connectivity index (χ2n) is 3.32. The van der Waals surface area contributed by atoms with Crippen LogP contribution in [-0.2, 0) is 4.79 Å². The normalized spacial score (nSPS) is 14.8. The quantitative estimate of drug-likeness (QED) is 0.594. The number of isocyanates is 1. The predicted molar refractivity (Wildman–Crippen MR) is 62.5 cm³/mol. The van der Waals surface area contributed by atoms with E-state index >= 15 is 0 Å². The van der Waals surface area contributed by atoms with Crippen LogP contribution in [0, 0.1) is 0 Å². The van der Waals surface area contributed by atoms with E-state index in [4.69, 9.17) is 9.47 Å². The number of hydrogen-bond acceptors (Lipinski definition) is 5. The van der Waals surface area contributed by atoms with Crippen LogP contribution in [0.4, 0.5) is 5.69 Å². The van der Waals surface area contributed by atoms with Crippen molar-refractivity contribution in [2.45, 2.75) is 6.10 Å². The molecule has 4 nitrogen and oxygen atoms in total. The predicted octanol–water partition coefficient (Wildman–Crippen LogP) is 2.16. The van der Waals surface area contributed by atoms with Crippen LogP contribution >= 0.6 is 11.8 Å². The van der Waals surface area contributed by atoms with Crippen molar-refractivity contribution in [1.29, 1.82) is 0 Å². The summed E-state index contributed by atoms with van der Waals surface area (Å²) >= 11 is 1.85. The van der Waals surface area contributed by atoms with Crippen LogP contribution in [0.3, 0.4) is 0 Å². The molecule has 0 aromatic heterocycles. The van der Waals surface area contributed by atoms with Gasteiger partial charge in [0.25, 0.3) is 0 Å². The molecule has 0 atom stereocenters. The first-order valence-electron chi connectivity index (χ1n) is 4.84. The summed E-state index contributed by atoms with van der Waals surface area (Å²) in [4.78, 5) is 13.7. The first kappa shape index (κ1) is 11.0. The van der Waals surface area contributed by atoms with E-state index in [0.29, 0.717) is 17.2 Å². The Labute approximate surface area is 97.7 Å². The van der Waals surface area contributed by atoms with E-state index in [-0.39, 0.29) is 6.10 Å². The molecule has 1 aliphatic rings. The van der Waals surface area contributed by atoms with E-state index in [1.54, 1.807) is 25.3 Å². The Morgan fingerprint density at radius 1 is 1.44 bits per heavy atom. The number of thioether (sulfide) groups is 1. The molecule has 0 radical (unpaired) electrons. The maximum Gasteiger partial charge on any atom is 0.240 e. The minimum atomic E-state index is 0.263. The summed E-state index contributed by atoms with van der Waals surface area (Å²) in [5.74, 6) is 3.31. The van der Waals surface area contributed by atoms with Gasteiger partial charge in [0.2, 0.25) is 6.08 Å². The number of methoxy groups -OCH3 is 1. The number of benzene rings is 1. The van der Waals surface area contributed by atoms with Crippen molar-refractivity contribution >= 4 is 23.5 Å². The Kier molecular flexibility index (Phi) is 3.49. The molecule has 0 saturated carbocycles. The van der Waals surface area contributed by atoms with Crippen LogP contribution in [0.5, 0.6) is 11.5 Å². The van der Waals surface area contributed by atoms with Crippen molar-refractivity contribution in [3.63, 3.8) is 0 Å². The smallest absolute Gasteiger partial charge is 0.240 e. The van der Waals surface area contributed by atoms with Crippen molar-refractivity contribution in [2.75, 3.05) is 18.6 Å². The molecule has 1 aromatic rings. The molecule has 1 aromatic carbocycles. The highest BCUT2D eigenvalue weighted by molar-refractivity contribution is 8.00. The van der Waals surface area contributed by atoms with Crippen LogP contribution in [-0.4, -0.2) is 30.8 Å². The second kappa shape index (κ2) is 5.05. The minimum absolute atomic E-state index is 0.263. The molecule has 1 saturated heterocycles. The Morgan fingerprint density at radius 2 is 2.25 bits per heavy atom. The topological polar surface area (TPSA) is 47.9 Å². The third-order valence-corrected chi connectivity index (χ3v) is 3.44. The number of aliphatic imine (C=N–C) groups is 1. The first-order valence-corrected chi connectivity index (χ1v) is 5.99. The Balaban J connectivity index is 2.19. The Bertz CT molecular complexity index is 425. The van der Waals surface area contributed by atoms with Gasteiger partial charge in [-0.25, -0.2) is 4.79 Å². The molecule has 2 rings (SSSR count). The van der Waals surface area contributed by atoms with E-state index in [1.165, 1.54) is 6.08 Å². The van der Waals surface area contributed by atoms with Crippen LogP contribution in [0.1, 0.15) is 0 Å². The van der Waals surface area contributed by atoms with Crippen molar-refractivity contribution in [3.8, 4) is 11.5 Å². The number of hydrogen-bond donors (Lipinski definition) is 0. The summed E-state index contributed by atoms with van der Waals surface area (Å²) in [6.07, 6.45) is 1.76. The SMILES string of the molecule is COc1cc(N=C=O)ccc1OC1CSC1. The summed E-state index contributed by atoms with van der Waals surface area (Å²) < 4.78 is 10.9. The minimum Gasteiger partial charge on any atom is -0.493 e. The molecule has 0 spiro atoms. The van der Waals surface area contributed by atoms with Crippen LogP contribution in [0.15, 0.2) is 23.2 Å². The lowest BCUT2D eigenvalue weighted by atomic mass is 10.2. The van der Waals surface area contributed by atoms with Gasteiger partial charge in [-0.05, 0) is 12.1 Å². The third kappa shape index (κ3) is 2.38. The first-order chi connectivity index (χ1) is 7.83. The van der Waals surface area contributed by atoms with Crippen LogP contribution < -0.4 is 9.47 Å². The van der Waals surface area contributed by atoms with Gasteiger partial charge in [0.05, 0.1) is 12.8 Å². The zero-order valence-corrected chi connectivity index (χ0v) is 9.62. The van der Waals surface area contributed by atoms with Crippen LogP contribution in [0.25, 0.3) is 0 Å². The molecule has 1 heterocycles. The van der Waals surface area contributed by atoms with E-state index in [9.17, 15) is 4.79 Å². The molecule has 0 N–H and O–H groups in total. The van der Waals surface area contributed by atoms with Gasteiger partial charge in [-0.2, -0.15) is 16.8 Å². The molecular weight excluding hydrogens is 226 g/mol. The van der Waals surface area contributed by atoms with E-state index in [1.807, 2.05) is 11.8 Å². The van der Waals surface area contributed by atoms with Gasteiger partial charge in [0.15, 0.2) is 11.5 Å². The maximum atomic E-state index is 10.1. The number of ether oxygens (including phenoxy) is 2. The molecule has 0 unspecified atom stereocenters. The highest BCUT2D eigenvalue weighted by atomic mass is 32.2. The summed E-state index contributed by atoms with van der Waals surface area (Å²) in [5.41, 5.74) is 0.516. The van der Waals surface area contributed by atoms with Crippen LogP contribution in [0.2, 0.25) is 0 Å². The van der Waals surface area contributed by atoms with Gasteiger partial charge in [-0.1, -0.05) is 0 Å². The molecular formula is C11H11NO3S. The lowest BCUT2D eigenvalue weighted by Gasteiger charge is -2.26. The summed E-state index contributed by atoms with van der Waals surface area (Å²) in [6, 6.07) is 5.12. The largest absolute Gasteiger partial charge is 0.493 e. The zero-order chi connectivity index (χ0) is 11.4. The van der Waals surface area contributed by atoms with Crippen molar-refractivity contribution in [3.05, 3.63) is 18.2 Å². The maximum absolute atomic E-state index is 10.1. The van der Waals surface area contributed by atoms with Gasteiger partial charge in [-0.3, -0.25) is 0 Å². The van der Waals surface area contributed by atoms with E-state index in [2.05, 4.69) is 4.99 Å². The second-order valence-corrected chi connectivity index (χ2v) is 4.39. The fourth-order valence-corrected chi connectivity index (χ4v) is 1.90. The number of rotatable bonds is 4. The van der Waals surface area contributed by atoms with Crippen molar-refractivity contribution < 1.29 is 14.3 Å². The molecule has 1 fully saturated rings. The lowest BCUT2D eigenvalue weighted by Crippen LogP contribution is -2.31. The molecule has 0 aliphatic carbocycles. The standard InChI is InChI=1S/C11H11NO3S/c1-14-11-4-8(12-7-13)2-3-10(11)15-9-5-16-6-9/h2-4,9H,5-6H2,1H3. The van der Waals surface area contributed by atoms with Gasteiger partial charge in [0.1, 0.15) is 6.10 Å². The highest BCUT2D eigenvalue weighted by Gasteiger charge is 2.21. The molecule has 16 heavy (non-hydrogen) atoms. The van der Waals surface area contributed by atoms with Crippen molar-refractivity contribution in [1.82, 2.24) is 0 Å². The Morgan fingerprint density at radius 3 is 2.81 bits per heavy atom. The van der Waals surface area contributed by atoms with Gasteiger partial charge in [-0.15, -0.1) is 0 Å². The van der Waals surface area contributed by atoms with Gasteiger partial charge in [0, 0.05) is 17.6 Å². The molecule has 1 aliphatic heterocycles. The average Bonchev–Trinajstić information content (AvgIpc) is 2.25. The highest BCUT2D eigenvalue weighted by Crippen LogP contribution is 2.34. The van der Waals surface area contributed by atoms with E-state index < -0.39 is 0 Å². The molecule has 84 valence electrons. The van der Waals surface area contributed by atoms with Crippen molar-refractivity contribution in [2.24, 2.45) is 4.99 Å². The number of carbonyl (C=O) groups excluding carboxylic acids is 1. The molecule has 5 heteroatoms. The molecule has 0 bridgehead atoms. The Hall–Kier alpha value is -1.45. The summed E-state index contributed by atoms with van der Waals surface area (Å²) in [6.45, 7) is 0. The summed E-state index contributed by atoms with van der Waals surface area (Å²) in [7, 11) is 1.56.